The molecule has 208 valence electrons. The van der Waals surface area contributed by atoms with Crippen molar-refractivity contribution in [2.45, 2.75) is 148 Å². The van der Waals surface area contributed by atoms with Crippen LogP contribution in [0.1, 0.15) is 118 Å². The molecule has 0 aliphatic heterocycles. The van der Waals surface area contributed by atoms with Crippen LogP contribution in [0.5, 0.6) is 0 Å². The summed E-state index contributed by atoms with van der Waals surface area (Å²) in [5.41, 5.74) is 1.16. The second-order valence-corrected chi connectivity index (χ2v) is 13.8. The van der Waals surface area contributed by atoms with Crippen LogP contribution in [0.4, 0.5) is 0 Å². The molecule has 0 aromatic heterocycles. The van der Waals surface area contributed by atoms with Gasteiger partial charge in [0.1, 0.15) is 0 Å². The van der Waals surface area contributed by atoms with Crippen LogP contribution in [0.2, 0.25) is 0 Å². The van der Waals surface area contributed by atoms with Gasteiger partial charge in [0.2, 0.25) is 0 Å². The van der Waals surface area contributed by atoms with Gasteiger partial charge in [0.25, 0.3) is 0 Å². The fraction of sp³-hybridized carbons (Fsp3) is 0.871. The van der Waals surface area contributed by atoms with Gasteiger partial charge in [-0.25, -0.2) is 0 Å². The van der Waals surface area contributed by atoms with E-state index in [9.17, 15) is 25.5 Å². The Bertz CT molecular complexity index is 761. The van der Waals surface area contributed by atoms with E-state index < -0.39 is 29.5 Å². The van der Waals surface area contributed by atoms with Gasteiger partial charge >= 0.3 is 0 Å². The van der Waals surface area contributed by atoms with Crippen LogP contribution in [0, 0.1) is 23.2 Å². The zero-order valence-corrected chi connectivity index (χ0v) is 23.5. The van der Waals surface area contributed by atoms with Gasteiger partial charge in [0.05, 0.1) is 29.5 Å². The van der Waals surface area contributed by atoms with E-state index in [1.165, 1.54) is 31.3 Å². The van der Waals surface area contributed by atoms with E-state index in [2.05, 4.69) is 19.1 Å². The molecule has 0 amide bonds. The van der Waals surface area contributed by atoms with E-state index in [1.54, 1.807) is 13.8 Å². The maximum absolute atomic E-state index is 10.6. The minimum Gasteiger partial charge on any atom is -0.393 e. The van der Waals surface area contributed by atoms with Crippen LogP contribution in [0.3, 0.4) is 0 Å². The summed E-state index contributed by atoms with van der Waals surface area (Å²) in [5, 5.41) is 51.3. The number of aliphatic hydroxyl groups excluding tert-OH is 3. The summed E-state index contributed by atoms with van der Waals surface area (Å²) in [7, 11) is 0. The van der Waals surface area contributed by atoms with Crippen molar-refractivity contribution >= 4 is 0 Å². The van der Waals surface area contributed by atoms with Gasteiger partial charge in [0, 0.05) is 0 Å². The second kappa shape index (κ2) is 12.0. The first-order chi connectivity index (χ1) is 16.7. The highest BCUT2D eigenvalue weighted by atomic mass is 16.3. The molecule has 0 bridgehead atoms. The summed E-state index contributed by atoms with van der Waals surface area (Å²) >= 11 is 0. The lowest BCUT2D eigenvalue weighted by Crippen LogP contribution is -2.39. The van der Waals surface area contributed by atoms with Crippen molar-refractivity contribution in [2.24, 2.45) is 23.2 Å². The molecule has 0 heterocycles. The number of hydrogen-bond acceptors (Lipinski definition) is 5. The van der Waals surface area contributed by atoms with Crippen molar-refractivity contribution in [2.75, 3.05) is 0 Å². The highest BCUT2D eigenvalue weighted by molar-refractivity contribution is 5.26. The normalized spacial score (nSPS) is 34.5. The van der Waals surface area contributed by atoms with Crippen LogP contribution in [0.25, 0.3) is 0 Å². The Kier molecular flexibility index (Phi) is 9.93. The Morgan fingerprint density at radius 1 is 0.972 bits per heavy atom. The summed E-state index contributed by atoms with van der Waals surface area (Å²) in [5.74, 6) is 1.61. The molecule has 3 saturated carbocycles. The van der Waals surface area contributed by atoms with Crippen molar-refractivity contribution in [1.29, 1.82) is 0 Å². The third-order valence-electron chi connectivity index (χ3n) is 9.67. The summed E-state index contributed by atoms with van der Waals surface area (Å²) in [6.45, 7) is 9.61. The first-order valence-corrected chi connectivity index (χ1v) is 14.6. The molecule has 36 heavy (non-hydrogen) atoms. The molecule has 0 spiro atoms. The molecule has 5 N–H and O–H groups in total. The van der Waals surface area contributed by atoms with Crippen LogP contribution in [-0.4, -0.2) is 55.0 Å². The van der Waals surface area contributed by atoms with Gasteiger partial charge in [-0.1, -0.05) is 43.1 Å². The molecule has 0 unspecified atom stereocenters. The van der Waals surface area contributed by atoms with Crippen molar-refractivity contribution in [3.05, 3.63) is 23.3 Å². The monoisotopic (exact) mass is 506 g/mol. The third kappa shape index (κ3) is 7.89. The van der Waals surface area contributed by atoms with Crippen molar-refractivity contribution in [1.82, 2.24) is 0 Å². The topological polar surface area (TPSA) is 101 Å². The summed E-state index contributed by atoms with van der Waals surface area (Å²) in [4.78, 5) is 0. The first-order valence-electron chi connectivity index (χ1n) is 14.6. The molecule has 3 fully saturated rings. The maximum atomic E-state index is 10.6. The zero-order valence-electron chi connectivity index (χ0n) is 23.5. The van der Waals surface area contributed by atoms with E-state index in [4.69, 9.17) is 0 Å². The van der Waals surface area contributed by atoms with E-state index >= 15 is 0 Å². The average Bonchev–Trinajstić information content (AvgIpc) is 3.09. The van der Waals surface area contributed by atoms with E-state index in [1.807, 2.05) is 13.8 Å². The molecule has 3 aliphatic carbocycles. The van der Waals surface area contributed by atoms with Gasteiger partial charge < -0.3 is 25.5 Å². The molecule has 0 saturated heterocycles. The largest absolute Gasteiger partial charge is 0.393 e. The SMILES string of the molecule is CC(C)(O)CCC[C@H](CC[C@@H](O)C(C)(C)O)[C@H]1CC[C@H]2/C(=C/C=C3C[C@@H](O)C[C@H](O)C3)CCC[C@]12C. The summed E-state index contributed by atoms with van der Waals surface area (Å²) < 4.78 is 0. The molecule has 5 nitrogen and oxygen atoms in total. The summed E-state index contributed by atoms with van der Waals surface area (Å²) in [6.07, 6.45) is 14.9. The Morgan fingerprint density at radius 2 is 1.64 bits per heavy atom. The Morgan fingerprint density at radius 3 is 2.25 bits per heavy atom. The Labute approximate surface area is 219 Å². The smallest absolute Gasteiger partial charge is 0.0849 e. The fourth-order valence-electron chi connectivity index (χ4n) is 7.65. The van der Waals surface area contributed by atoms with Crippen molar-refractivity contribution < 1.29 is 25.5 Å². The summed E-state index contributed by atoms with van der Waals surface area (Å²) in [6, 6.07) is 0. The van der Waals surface area contributed by atoms with Crippen LogP contribution < -0.4 is 0 Å². The lowest BCUT2D eigenvalue weighted by Gasteiger charge is -2.45. The van der Waals surface area contributed by atoms with Gasteiger partial charge in [-0.15, -0.1) is 0 Å². The lowest BCUT2D eigenvalue weighted by molar-refractivity contribution is -0.0563. The van der Waals surface area contributed by atoms with Gasteiger partial charge in [0.15, 0.2) is 0 Å². The lowest BCUT2D eigenvalue weighted by atomic mass is 9.60. The molecule has 7 atom stereocenters. The number of rotatable bonds is 10. The standard InChI is InChI=1S/C31H54O5/c1-29(2,35)16-6-8-23(12-15-28(34)30(3,4)36)27-14-13-26-22(9-7-17-31(26,27)5)11-10-21-18-24(32)20-25(33)19-21/h10-11,23-28,32-36H,6-9,12-20H2,1-5H3/b22-11+/t23-,24-,25-,26+,27-,28-,31+/m1/s1. The van der Waals surface area contributed by atoms with E-state index in [0.717, 1.165) is 37.7 Å². The molecular formula is C31H54O5. The molecular weight excluding hydrogens is 452 g/mol. The minimum absolute atomic E-state index is 0.229. The quantitative estimate of drug-likeness (QED) is 0.272. The predicted octanol–water partition coefficient (Wildman–Crippen LogP) is 5.43. The Hall–Kier alpha value is -0.720. The molecule has 3 rings (SSSR count). The Balaban J connectivity index is 1.76. The fourth-order valence-corrected chi connectivity index (χ4v) is 7.65. The molecule has 0 radical (unpaired) electrons. The van der Waals surface area contributed by atoms with Crippen LogP contribution in [0.15, 0.2) is 23.3 Å². The number of fused-ring (bicyclic) bond motifs is 1. The number of allylic oxidation sites excluding steroid dienone is 3. The molecule has 3 aliphatic rings. The highest BCUT2D eigenvalue weighted by Crippen LogP contribution is 2.60. The first kappa shape index (κ1) is 29.8. The highest BCUT2D eigenvalue weighted by Gasteiger charge is 2.51. The van der Waals surface area contributed by atoms with Gasteiger partial charge in [-0.3, -0.25) is 0 Å². The van der Waals surface area contributed by atoms with E-state index in [0.29, 0.717) is 43.4 Å². The second-order valence-electron chi connectivity index (χ2n) is 13.8. The average molecular weight is 507 g/mol. The molecule has 0 aromatic rings. The molecule has 0 aromatic carbocycles. The van der Waals surface area contributed by atoms with E-state index in [-0.39, 0.29) is 5.41 Å². The van der Waals surface area contributed by atoms with Gasteiger partial charge in [-0.2, -0.15) is 0 Å². The zero-order chi connectivity index (χ0) is 26.7. The molecule has 5 heteroatoms. The minimum atomic E-state index is -1.09. The number of hydrogen-bond donors (Lipinski definition) is 5. The van der Waals surface area contributed by atoms with Crippen LogP contribution >= 0.6 is 0 Å². The third-order valence-corrected chi connectivity index (χ3v) is 9.67. The predicted molar refractivity (Wildman–Crippen MR) is 145 cm³/mol. The van der Waals surface area contributed by atoms with Gasteiger partial charge in [-0.05, 0) is 121 Å². The van der Waals surface area contributed by atoms with Crippen LogP contribution in [-0.2, 0) is 0 Å². The van der Waals surface area contributed by atoms with Crippen molar-refractivity contribution in [3.63, 3.8) is 0 Å². The maximum Gasteiger partial charge on any atom is 0.0849 e. The van der Waals surface area contributed by atoms with Crippen molar-refractivity contribution in [3.8, 4) is 0 Å². The number of aliphatic hydroxyl groups is 5.